The van der Waals surface area contributed by atoms with Crippen LogP contribution in [0.25, 0.3) is 0 Å². The standard InChI is InChI=1S/C46H64N14O15S2/c1-5-57-21-22-59(40(71)39(57)70)43(75)48-35(28-8-10-30(61)11-9-28)37(68)49-45(2)42(74)60-36(29(27-77-46(45,60)3)26-76-44-50-51-52-53(44)4)38(69)47-12-6-7-31(41(72)73)58-19-17-55(24-33(64)65)15-13-54(23-32(62)63)14-16-56(18-20-58)25-34(66)67/h8-11,31,35,61H,5-7,12-27H2,1-4H3,(H,47,69)(H,48,75)(H,49,68)(H,62,63)(H,64,65)(H,66,67)(H,72,73)/t31?,35-,45+,46+/m0/s1. The number of aliphatic carboxylic acids is 4. The lowest BCUT2D eigenvalue weighted by Gasteiger charge is -2.63. The summed E-state index contributed by atoms with van der Waals surface area (Å²) >= 11 is 2.45. The maximum atomic E-state index is 14.7. The number of hydrogen-bond acceptors (Lipinski definition) is 20. The lowest BCUT2D eigenvalue weighted by atomic mass is 9.78. The molecule has 4 aliphatic rings. The van der Waals surface area contributed by atoms with E-state index in [0.29, 0.717) is 15.6 Å². The van der Waals surface area contributed by atoms with Crippen LogP contribution in [-0.2, 0) is 50.2 Å². The van der Waals surface area contributed by atoms with Crippen LogP contribution >= 0.6 is 23.5 Å². The van der Waals surface area contributed by atoms with Gasteiger partial charge >= 0.3 is 41.7 Å². The Labute approximate surface area is 450 Å². The third-order valence-electron chi connectivity index (χ3n) is 13.9. The average molecular weight is 1120 g/mol. The number of β-lactam (4-membered cyclic amide) rings is 1. The molecule has 1 unspecified atom stereocenters. The first-order valence-corrected chi connectivity index (χ1v) is 26.6. The number of rotatable bonds is 21. The molecule has 0 radical (unpaired) electrons. The van der Waals surface area contributed by atoms with E-state index < -0.39 is 95.0 Å². The minimum absolute atomic E-state index is 0.0276. The molecule has 420 valence electrons. The van der Waals surface area contributed by atoms with Gasteiger partial charge in [0.1, 0.15) is 33.9 Å². The van der Waals surface area contributed by atoms with Crippen molar-refractivity contribution in [2.75, 3.05) is 110 Å². The molecule has 8 N–H and O–H groups in total. The molecule has 6 rings (SSSR count). The molecule has 5 heterocycles. The van der Waals surface area contributed by atoms with Crippen molar-refractivity contribution in [2.45, 2.75) is 61.3 Å². The molecule has 31 heteroatoms. The number of imide groups is 1. The van der Waals surface area contributed by atoms with Crippen LogP contribution < -0.4 is 16.0 Å². The van der Waals surface area contributed by atoms with Gasteiger partial charge in [0.15, 0.2) is 0 Å². The Morgan fingerprint density at radius 1 is 0.792 bits per heavy atom. The summed E-state index contributed by atoms with van der Waals surface area (Å²) in [7, 11) is 1.63. The van der Waals surface area contributed by atoms with E-state index in [2.05, 4.69) is 31.5 Å². The van der Waals surface area contributed by atoms with Crippen molar-refractivity contribution in [2.24, 2.45) is 7.05 Å². The van der Waals surface area contributed by atoms with Gasteiger partial charge in [0.05, 0.1) is 19.6 Å². The Hall–Kier alpha value is -6.93. The van der Waals surface area contributed by atoms with E-state index in [1.807, 2.05) is 0 Å². The maximum Gasteiger partial charge on any atom is 0.325 e. The van der Waals surface area contributed by atoms with E-state index in [4.69, 9.17) is 0 Å². The van der Waals surface area contributed by atoms with Crippen molar-refractivity contribution in [3.05, 3.63) is 41.1 Å². The Balaban J connectivity index is 1.20. The summed E-state index contributed by atoms with van der Waals surface area (Å²) in [6.07, 6.45) is 0.0639. The van der Waals surface area contributed by atoms with E-state index >= 15 is 0 Å². The van der Waals surface area contributed by atoms with Crippen molar-refractivity contribution in [1.29, 1.82) is 0 Å². The molecule has 0 spiro atoms. The third-order valence-corrected chi connectivity index (χ3v) is 16.7. The molecule has 4 atom stereocenters. The van der Waals surface area contributed by atoms with Gasteiger partial charge in [-0.25, -0.2) is 9.48 Å². The normalized spacial score (nSPS) is 22.2. The van der Waals surface area contributed by atoms with Gasteiger partial charge in [0, 0.05) is 97.1 Å². The molecular formula is C46H64N14O15S2. The number of urea groups is 1. The van der Waals surface area contributed by atoms with Gasteiger partial charge in [-0.2, -0.15) is 0 Å². The van der Waals surface area contributed by atoms with Gasteiger partial charge in [0.25, 0.3) is 11.8 Å². The highest BCUT2D eigenvalue weighted by Crippen LogP contribution is 2.55. The van der Waals surface area contributed by atoms with E-state index in [0.717, 1.165) is 0 Å². The molecular weight excluding hydrogens is 1050 g/mol. The zero-order valence-electron chi connectivity index (χ0n) is 43.0. The number of carbonyl (C=O) groups is 10. The van der Waals surface area contributed by atoms with Crippen LogP contribution in [0.4, 0.5) is 4.79 Å². The highest BCUT2D eigenvalue weighted by Gasteiger charge is 2.70. The molecule has 7 amide bonds. The molecule has 3 saturated heterocycles. The monoisotopic (exact) mass is 1120 g/mol. The number of hydrogen-bond donors (Lipinski definition) is 8. The first kappa shape index (κ1) is 59.3. The molecule has 0 saturated carbocycles. The number of aromatic nitrogens is 4. The summed E-state index contributed by atoms with van der Waals surface area (Å²) in [6.45, 7) is 4.55. The molecule has 1 aromatic heterocycles. The largest absolute Gasteiger partial charge is 0.508 e. The minimum Gasteiger partial charge on any atom is -0.508 e. The van der Waals surface area contributed by atoms with Crippen LogP contribution in [0.2, 0.25) is 0 Å². The number of phenolic OH excluding ortho intramolecular Hbond substituents is 1. The number of carboxylic acid groups (broad SMARTS) is 4. The number of aromatic hydroxyl groups is 1. The Morgan fingerprint density at radius 2 is 1.36 bits per heavy atom. The number of carboxylic acids is 4. The quantitative estimate of drug-likeness (QED) is 0.0275. The fourth-order valence-electron chi connectivity index (χ4n) is 9.41. The predicted octanol–water partition coefficient (Wildman–Crippen LogP) is -2.59. The molecule has 3 fully saturated rings. The van der Waals surface area contributed by atoms with Gasteiger partial charge in [0.2, 0.25) is 11.1 Å². The summed E-state index contributed by atoms with van der Waals surface area (Å²) in [6, 6.07) is 1.49. The second-order valence-electron chi connectivity index (χ2n) is 19.0. The number of phenols is 1. The molecule has 0 aliphatic carbocycles. The van der Waals surface area contributed by atoms with Crippen LogP contribution in [0, 0.1) is 0 Å². The number of carbonyl (C=O) groups excluding carboxylic acids is 6. The molecule has 1 aromatic carbocycles. The van der Waals surface area contributed by atoms with Crippen molar-refractivity contribution < 1.29 is 73.5 Å². The Kier molecular flexibility index (Phi) is 20.0. The fourth-order valence-corrected chi connectivity index (χ4v) is 11.8. The highest BCUT2D eigenvalue weighted by molar-refractivity contribution is 8.01. The van der Waals surface area contributed by atoms with Crippen LogP contribution in [0.5, 0.6) is 5.75 Å². The smallest absolute Gasteiger partial charge is 0.325 e. The summed E-state index contributed by atoms with van der Waals surface area (Å²) in [5.41, 5.74) is -1.10. The predicted molar refractivity (Wildman–Crippen MR) is 272 cm³/mol. The van der Waals surface area contributed by atoms with Crippen molar-refractivity contribution in [1.82, 2.24) is 70.5 Å². The first-order valence-electron chi connectivity index (χ1n) is 24.6. The summed E-state index contributed by atoms with van der Waals surface area (Å²) in [5.74, 6) is -8.74. The molecule has 0 bridgehead atoms. The van der Waals surface area contributed by atoms with Crippen molar-refractivity contribution >= 4 is 83.0 Å². The van der Waals surface area contributed by atoms with E-state index in [1.165, 1.54) is 69.2 Å². The number of nitrogens with zero attached hydrogens (tertiary/aromatic N) is 11. The number of nitrogens with one attached hydrogen (secondary N) is 3. The number of fused-ring (bicyclic) bond motifs is 1. The number of likely N-dealkylation sites (N-methyl/N-ethyl adjacent to an activating group) is 1. The van der Waals surface area contributed by atoms with E-state index in [1.54, 1.807) is 40.5 Å². The number of thioether (sulfide) groups is 2. The van der Waals surface area contributed by atoms with Gasteiger partial charge in [-0.1, -0.05) is 23.9 Å². The van der Waals surface area contributed by atoms with Crippen molar-refractivity contribution in [3.8, 4) is 5.75 Å². The number of amides is 7. The Morgan fingerprint density at radius 3 is 1.88 bits per heavy atom. The summed E-state index contributed by atoms with van der Waals surface area (Å²) < 4.78 is 1.43. The van der Waals surface area contributed by atoms with Crippen LogP contribution in [0.1, 0.15) is 45.2 Å². The van der Waals surface area contributed by atoms with E-state index in [-0.39, 0.29) is 126 Å². The van der Waals surface area contributed by atoms with Gasteiger partial charge < -0.3 is 46.4 Å². The summed E-state index contributed by atoms with van der Waals surface area (Å²) in [5, 5.41) is 69.5. The number of aryl methyl sites for hydroxylation is 1. The molecule has 4 aliphatic heterocycles. The topological polar surface area (TPSA) is 374 Å². The molecule has 29 nitrogen and oxygen atoms in total. The minimum atomic E-state index is -1.74. The molecule has 2 aromatic rings. The van der Waals surface area contributed by atoms with Gasteiger partial charge in [-0.05, 0) is 67.3 Å². The average Bonchev–Trinajstić information content (AvgIpc) is 3.81. The third kappa shape index (κ3) is 14.2. The zero-order valence-corrected chi connectivity index (χ0v) is 44.6. The van der Waals surface area contributed by atoms with Crippen LogP contribution in [0.3, 0.4) is 0 Å². The van der Waals surface area contributed by atoms with Gasteiger partial charge in [-0.3, -0.25) is 72.6 Å². The fraction of sp³-hybridized carbons (Fsp3) is 0.587. The second-order valence-corrected chi connectivity index (χ2v) is 21.3. The Bertz CT molecular complexity index is 2590. The number of tetrazole rings is 1. The lowest BCUT2D eigenvalue weighted by Crippen LogP contribution is -2.85. The maximum absolute atomic E-state index is 14.7. The summed E-state index contributed by atoms with van der Waals surface area (Å²) in [4.78, 5) is 140. The zero-order chi connectivity index (χ0) is 56.4. The SMILES string of the molecule is CCN1CCN(C(=O)N[C@H](C(=O)N[C@]2(C)C(=O)N3C(C(=O)NCCCC(C(=O)O)N4CCN(CC(=O)O)CCN(CC(=O)O)CCN(CC(=O)O)CC4)=C(CSc4nnnn4C)CS[C@@]32C)c2ccc(O)cc2)C(=O)C1=O. The van der Waals surface area contributed by atoms with Gasteiger partial charge in [-0.15, -0.1) is 16.9 Å². The van der Waals surface area contributed by atoms with Crippen LogP contribution in [-0.4, -0.2) is 266 Å². The molecule has 77 heavy (non-hydrogen) atoms. The van der Waals surface area contributed by atoms with Crippen LogP contribution in [0.15, 0.2) is 40.7 Å². The van der Waals surface area contributed by atoms with Crippen molar-refractivity contribution in [3.63, 3.8) is 0 Å². The first-order chi connectivity index (χ1) is 36.5. The van der Waals surface area contributed by atoms with E-state index in [9.17, 15) is 73.5 Å². The lowest BCUT2D eigenvalue weighted by molar-refractivity contribution is -0.164. The second kappa shape index (κ2) is 25.9. The number of piperazine rings is 1. The number of benzene rings is 1. The highest BCUT2D eigenvalue weighted by atomic mass is 32.2.